The van der Waals surface area contributed by atoms with E-state index in [1.165, 1.54) is 18.2 Å². The summed E-state index contributed by atoms with van der Waals surface area (Å²) in [6, 6.07) is 10.5. The normalized spacial score (nSPS) is 16.8. The van der Waals surface area contributed by atoms with Crippen molar-refractivity contribution < 1.29 is 13.2 Å². The van der Waals surface area contributed by atoms with Crippen molar-refractivity contribution in [1.82, 2.24) is 5.32 Å². The van der Waals surface area contributed by atoms with Crippen LogP contribution < -0.4 is 5.32 Å². The van der Waals surface area contributed by atoms with Gasteiger partial charge >= 0.3 is 0 Å². The lowest BCUT2D eigenvalue weighted by atomic mass is 9.71. The largest absolute Gasteiger partial charge is 0.315 e. The minimum absolute atomic E-state index is 0.289. The first-order valence-electron chi connectivity index (χ1n) is 6.50. The maximum absolute atomic E-state index is 13.8. The van der Waals surface area contributed by atoms with Crippen LogP contribution in [-0.2, 0) is 11.8 Å². The highest BCUT2D eigenvalue weighted by Crippen LogP contribution is 2.33. The Morgan fingerprint density at radius 2 is 1.65 bits per heavy atom. The van der Waals surface area contributed by atoms with Crippen LogP contribution in [0.25, 0.3) is 0 Å². The summed E-state index contributed by atoms with van der Waals surface area (Å²) in [6.45, 7) is 1.35. The molecule has 1 heterocycles. The predicted octanol–water partition coefficient (Wildman–Crippen LogP) is 3.19. The standard InChI is InChI=1S/C16H14F3N/c17-13-6-4-12(5-7-13)16(9-20-10-16)8-11-2-1-3-14(18)15(11)19/h1-7,20H,8-10H2. The van der Waals surface area contributed by atoms with Crippen molar-refractivity contribution in [2.45, 2.75) is 11.8 Å². The molecule has 2 aromatic carbocycles. The Morgan fingerprint density at radius 1 is 0.950 bits per heavy atom. The molecule has 0 amide bonds. The topological polar surface area (TPSA) is 12.0 Å². The van der Waals surface area contributed by atoms with E-state index in [0.29, 0.717) is 25.1 Å². The lowest BCUT2D eigenvalue weighted by Crippen LogP contribution is -2.58. The highest BCUT2D eigenvalue weighted by molar-refractivity contribution is 5.34. The maximum atomic E-state index is 13.8. The smallest absolute Gasteiger partial charge is 0.162 e. The van der Waals surface area contributed by atoms with Crippen molar-refractivity contribution >= 4 is 0 Å². The van der Waals surface area contributed by atoms with E-state index < -0.39 is 11.6 Å². The van der Waals surface area contributed by atoms with Gasteiger partial charge < -0.3 is 5.32 Å². The van der Waals surface area contributed by atoms with Gasteiger partial charge in [-0.1, -0.05) is 24.3 Å². The third-order valence-corrected chi connectivity index (χ3v) is 3.94. The Labute approximate surface area is 115 Å². The Morgan fingerprint density at radius 3 is 2.25 bits per heavy atom. The van der Waals surface area contributed by atoms with Crippen LogP contribution in [0.5, 0.6) is 0 Å². The Bertz CT molecular complexity index is 618. The Kier molecular flexibility index (Phi) is 3.26. The molecule has 2 aromatic rings. The highest BCUT2D eigenvalue weighted by Gasteiger charge is 2.39. The summed E-state index contributed by atoms with van der Waals surface area (Å²) in [4.78, 5) is 0. The lowest BCUT2D eigenvalue weighted by Gasteiger charge is -2.43. The molecule has 0 spiro atoms. The van der Waals surface area contributed by atoms with Crippen molar-refractivity contribution in [3.05, 3.63) is 71.0 Å². The fourth-order valence-corrected chi connectivity index (χ4v) is 2.71. The molecule has 0 saturated carbocycles. The second-order valence-corrected chi connectivity index (χ2v) is 5.28. The van der Waals surface area contributed by atoms with Gasteiger partial charge in [0, 0.05) is 18.5 Å². The Balaban J connectivity index is 1.94. The number of benzene rings is 2. The van der Waals surface area contributed by atoms with E-state index in [1.54, 1.807) is 18.2 Å². The first kappa shape index (κ1) is 13.2. The van der Waals surface area contributed by atoms with Crippen molar-refractivity contribution in [3.8, 4) is 0 Å². The number of halogens is 3. The molecule has 3 rings (SSSR count). The van der Waals surface area contributed by atoms with Crippen molar-refractivity contribution in [2.24, 2.45) is 0 Å². The quantitative estimate of drug-likeness (QED) is 0.908. The van der Waals surface area contributed by atoms with Crippen LogP contribution in [0.15, 0.2) is 42.5 Å². The van der Waals surface area contributed by atoms with Crippen LogP contribution in [0.3, 0.4) is 0 Å². The van der Waals surface area contributed by atoms with E-state index in [2.05, 4.69) is 5.32 Å². The molecular formula is C16H14F3N. The van der Waals surface area contributed by atoms with Gasteiger partial charge in [-0.05, 0) is 35.7 Å². The molecule has 104 valence electrons. The summed E-state index contributed by atoms with van der Waals surface area (Å²) in [6.07, 6.45) is 0.398. The summed E-state index contributed by atoms with van der Waals surface area (Å²) in [5.41, 5.74) is 1.01. The summed E-state index contributed by atoms with van der Waals surface area (Å²) in [7, 11) is 0. The van der Waals surface area contributed by atoms with Gasteiger partial charge in [0.1, 0.15) is 5.82 Å². The van der Waals surface area contributed by atoms with Crippen molar-refractivity contribution in [2.75, 3.05) is 13.1 Å². The van der Waals surface area contributed by atoms with Gasteiger partial charge in [-0.2, -0.15) is 0 Å². The van der Waals surface area contributed by atoms with Crippen molar-refractivity contribution in [1.29, 1.82) is 0 Å². The zero-order valence-electron chi connectivity index (χ0n) is 10.8. The van der Waals surface area contributed by atoms with E-state index >= 15 is 0 Å². The molecule has 0 aliphatic carbocycles. The average molecular weight is 277 g/mol. The molecular weight excluding hydrogens is 263 g/mol. The van der Waals surface area contributed by atoms with Gasteiger partial charge in [0.2, 0.25) is 0 Å². The molecule has 1 aliphatic rings. The summed E-state index contributed by atoms with van der Waals surface area (Å²) in [5, 5.41) is 3.16. The molecule has 1 N–H and O–H groups in total. The second-order valence-electron chi connectivity index (χ2n) is 5.28. The van der Waals surface area contributed by atoms with Crippen LogP contribution in [0, 0.1) is 17.5 Å². The molecule has 0 unspecified atom stereocenters. The molecule has 0 radical (unpaired) electrons. The molecule has 4 heteroatoms. The molecule has 1 aliphatic heterocycles. The first-order valence-corrected chi connectivity index (χ1v) is 6.50. The fraction of sp³-hybridized carbons (Fsp3) is 0.250. The van der Waals surface area contributed by atoms with E-state index in [4.69, 9.17) is 0 Å². The second kappa shape index (κ2) is 4.94. The molecule has 0 aromatic heterocycles. The van der Waals surface area contributed by atoms with E-state index in [9.17, 15) is 13.2 Å². The number of hydrogen-bond acceptors (Lipinski definition) is 1. The maximum Gasteiger partial charge on any atom is 0.162 e. The van der Waals surface area contributed by atoms with Gasteiger partial charge in [-0.3, -0.25) is 0 Å². The molecule has 0 bridgehead atoms. The minimum Gasteiger partial charge on any atom is -0.315 e. The van der Waals surface area contributed by atoms with Crippen molar-refractivity contribution in [3.63, 3.8) is 0 Å². The number of hydrogen-bond donors (Lipinski definition) is 1. The van der Waals surface area contributed by atoms with E-state index in [1.807, 2.05) is 0 Å². The third kappa shape index (κ3) is 2.20. The van der Waals surface area contributed by atoms with Gasteiger partial charge in [0.25, 0.3) is 0 Å². The zero-order chi connectivity index (χ0) is 14.2. The van der Waals surface area contributed by atoms with Crippen LogP contribution >= 0.6 is 0 Å². The predicted molar refractivity (Wildman–Crippen MR) is 71.0 cm³/mol. The van der Waals surface area contributed by atoms with Gasteiger partial charge in [-0.15, -0.1) is 0 Å². The third-order valence-electron chi connectivity index (χ3n) is 3.94. The van der Waals surface area contributed by atoms with Crippen LogP contribution in [0.2, 0.25) is 0 Å². The van der Waals surface area contributed by atoms with Crippen LogP contribution in [-0.4, -0.2) is 13.1 Å². The molecule has 1 fully saturated rings. The number of nitrogens with one attached hydrogen (secondary N) is 1. The summed E-state index contributed by atoms with van der Waals surface area (Å²) < 4.78 is 40.1. The van der Waals surface area contributed by atoms with Gasteiger partial charge in [0.15, 0.2) is 11.6 Å². The van der Waals surface area contributed by atoms with Gasteiger partial charge in [0.05, 0.1) is 0 Å². The average Bonchev–Trinajstić information content (AvgIpc) is 2.40. The lowest BCUT2D eigenvalue weighted by molar-refractivity contribution is 0.271. The number of rotatable bonds is 3. The molecule has 1 nitrogen and oxygen atoms in total. The fourth-order valence-electron chi connectivity index (χ4n) is 2.71. The monoisotopic (exact) mass is 277 g/mol. The molecule has 20 heavy (non-hydrogen) atoms. The molecule has 0 atom stereocenters. The van der Waals surface area contributed by atoms with Crippen LogP contribution in [0.1, 0.15) is 11.1 Å². The SMILES string of the molecule is Fc1ccc(C2(Cc3cccc(F)c3F)CNC2)cc1. The minimum atomic E-state index is -0.830. The highest BCUT2D eigenvalue weighted by atomic mass is 19.2. The summed E-state index contributed by atoms with van der Waals surface area (Å²) in [5.74, 6) is -1.92. The van der Waals surface area contributed by atoms with Gasteiger partial charge in [-0.25, -0.2) is 13.2 Å². The van der Waals surface area contributed by atoms with Crippen LogP contribution in [0.4, 0.5) is 13.2 Å². The Hall–Kier alpha value is -1.81. The summed E-state index contributed by atoms with van der Waals surface area (Å²) >= 11 is 0. The molecule has 1 saturated heterocycles. The van der Waals surface area contributed by atoms with E-state index in [0.717, 1.165) is 11.6 Å². The van der Waals surface area contributed by atoms with E-state index in [-0.39, 0.29) is 11.2 Å². The first-order chi connectivity index (χ1) is 9.61. The zero-order valence-corrected chi connectivity index (χ0v) is 10.8.